The molecule has 22 heavy (non-hydrogen) atoms. The van der Waals surface area contributed by atoms with E-state index in [-0.39, 0.29) is 12.8 Å². The van der Waals surface area contributed by atoms with Gasteiger partial charge in [0.25, 0.3) is 5.91 Å². The number of hydrogen-bond acceptors (Lipinski definition) is 5. The van der Waals surface area contributed by atoms with Gasteiger partial charge in [-0.15, -0.1) is 0 Å². The number of imidazole rings is 1. The molecule has 0 bridgehead atoms. The Hall–Kier alpha value is -2.84. The molecule has 1 aromatic heterocycles. The van der Waals surface area contributed by atoms with E-state index in [0.29, 0.717) is 11.9 Å². The van der Waals surface area contributed by atoms with Gasteiger partial charge in [0, 0.05) is 19.7 Å². The molecule has 0 spiro atoms. The fourth-order valence-electron chi connectivity index (χ4n) is 1.70. The molecule has 10 heteroatoms. The average Bonchev–Trinajstić information content (AvgIpc) is 2.98. The monoisotopic (exact) mass is 309 g/mol. The van der Waals surface area contributed by atoms with E-state index in [1.54, 1.807) is 0 Å². The summed E-state index contributed by atoms with van der Waals surface area (Å²) >= 11 is 0. The maximum absolute atomic E-state index is 12.1. The van der Waals surface area contributed by atoms with E-state index in [1.807, 2.05) is 0 Å². The number of carbonyl (C=O) groups excluding carboxylic acids is 2. The third-order valence-electron chi connectivity index (χ3n) is 2.76. The van der Waals surface area contributed by atoms with Crippen LogP contribution in [0.15, 0.2) is 12.5 Å². The molecule has 0 saturated heterocycles. The zero-order valence-corrected chi connectivity index (χ0v) is 11.7. The number of nitrogens with zero attached hydrogens (tertiary/aromatic N) is 3. The summed E-state index contributed by atoms with van der Waals surface area (Å²) in [5, 5.41) is 11.4. The summed E-state index contributed by atoms with van der Waals surface area (Å²) in [7, 11) is 1.29. The Morgan fingerprint density at radius 1 is 1.59 bits per heavy atom. The zero-order chi connectivity index (χ0) is 16.5. The van der Waals surface area contributed by atoms with E-state index in [1.165, 1.54) is 19.6 Å². The smallest absolute Gasteiger partial charge is 0.326 e. The van der Waals surface area contributed by atoms with Crippen LogP contribution in [0.25, 0.3) is 5.53 Å². The number of methoxy groups -OCH3 is 1. The van der Waals surface area contributed by atoms with Crippen LogP contribution < -0.4 is 5.32 Å². The number of hydrogen-bond donors (Lipinski definition) is 3. The lowest BCUT2D eigenvalue weighted by molar-refractivity contribution is -0.144. The molecule has 10 nitrogen and oxygen atoms in total. The Morgan fingerprint density at radius 3 is 2.82 bits per heavy atom. The normalized spacial score (nSPS) is 12.8. The minimum Gasteiger partial charge on any atom is -0.480 e. The third-order valence-corrected chi connectivity index (χ3v) is 2.76. The number of H-pyrrole nitrogens is 1. The maximum Gasteiger partial charge on any atom is 0.326 e. The summed E-state index contributed by atoms with van der Waals surface area (Å²) in [6.45, 7) is 0. The van der Waals surface area contributed by atoms with Crippen LogP contribution in [-0.4, -0.2) is 56.9 Å². The van der Waals surface area contributed by atoms with E-state index in [0.717, 1.165) is 0 Å². The standard InChI is InChI=1S/C12H15N5O5/c1-22-10(9-5-14-6-15-9)11(19)17-8(12(20)21)3-2-7(18)4-16-13/h4-6,8,10H,2-3H2,1H3,(H,14,15)(H,17,19)(H,20,21). The summed E-state index contributed by atoms with van der Waals surface area (Å²) in [6, 6.07) is -1.28. The highest BCUT2D eigenvalue weighted by molar-refractivity contribution is 6.25. The fraction of sp³-hybridized carbons (Fsp3) is 0.417. The molecular formula is C12H15N5O5. The minimum atomic E-state index is -1.29. The molecule has 118 valence electrons. The van der Waals surface area contributed by atoms with Crippen molar-refractivity contribution in [1.29, 1.82) is 0 Å². The Balaban J connectivity index is 2.69. The highest BCUT2D eigenvalue weighted by Crippen LogP contribution is 2.14. The number of Topliss-reactive ketones (excluding diaryl/α,β-unsaturated/α-hetero) is 1. The first kappa shape index (κ1) is 17.2. The van der Waals surface area contributed by atoms with E-state index in [2.05, 4.69) is 20.1 Å². The highest BCUT2D eigenvalue weighted by atomic mass is 16.5. The summed E-state index contributed by atoms with van der Waals surface area (Å²) in [6.07, 6.45) is 2.07. The van der Waals surface area contributed by atoms with Gasteiger partial charge in [-0.05, 0) is 6.42 Å². The van der Waals surface area contributed by atoms with Crippen LogP contribution in [-0.2, 0) is 19.1 Å². The van der Waals surface area contributed by atoms with Gasteiger partial charge >= 0.3 is 12.2 Å². The molecule has 0 aromatic carbocycles. The number of carboxylic acids is 1. The topological polar surface area (TPSA) is 158 Å². The van der Waals surface area contributed by atoms with Crippen molar-refractivity contribution in [2.45, 2.75) is 25.0 Å². The number of aromatic amines is 1. The first-order valence-corrected chi connectivity index (χ1v) is 6.24. The molecule has 0 aliphatic carbocycles. The largest absolute Gasteiger partial charge is 0.480 e. The number of ketones is 1. The molecule has 1 rings (SSSR count). The second-order valence-electron chi connectivity index (χ2n) is 4.26. The summed E-state index contributed by atoms with van der Waals surface area (Å²) in [5.41, 5.74) is 8.50. The van der Waals surface area contributed by atoms with E-state index < -0.39 is 29.8 Å². The van der Waals surface area contributed by atoms with E-state index in [9.17, 15) is 14.4 Å². The maximum atomic E-state index is 12.1. The van der Waals surface area contributed by atoms with Crippen LogP contribution in [0.1, 0.15) is 24.6 Å². The van der Waals surface area contributed by atoms with Gasteiger partial charge in [-0.3, -0.25) is 9.59 Å². The van der Waals surface area contributed by atoms with Gasteiger partial charge < -0.3 is 25.7 Å². The predicted molar refractivity (Wildman–Crippen MR) is 71.8 cm³/mol. The second kappa shape index (κ2) is 8.45. The van der Waals surface area contributed by atoms with Gasteiger partial charge in [-0.1, -0.05) is 0 Å². The number of aliphatic carboxylic acids is 1. The van der Waals surface area contributed by atoms with Crippen LogP contribution >= 0.6 is 0 Å². The molecule has 2 atom stereocenters. The molecule has 2 unspecified atom stereocenters. The number of ether oxygens (including phenoxy) is 1. The van der Waals surface area contributed by atoms with Gasteiger partial charge in [-0.2, -0.15) is 4.79 Å². The number of carboxylic acid groups (broad SMARTS) is 1. The summed E-state index contributed by atoms with van der Waals surface area (Å²) in [5.74, 6) is -2.54. The number of aromatic nitrogens is 2. The Kier molecular flexibility index (Phi) is 6.61. The molecule has 0 fully saturated rings. The first-order valence-electron chi connectivity index (χ1n) is 6.24. The van der Waals surface area contributed by atoms with Crippen molar-refractivity contribution < 1.29 is 29.0 Å². The van der Waals surface area contributed by atoms with E-state index >= 15 is 0 Å². The van der Waals surface area contributed by atoms with Crippen LogP contribution in [0, 0.1) is 0 Å². The van der Waals surface area contributed by atoms with Crippen molar-refractivity contribution in [2.75, 3.05) is 7.11 Å². The second-order valence-corrected chi connectivity index (χ2v) is 4.26. The van der Waals surface area contributed by atoms with Gasteiger partial charge in [0.15, 0.2) is 6.10 Å². The number of rotatable bonds is 9. The lowest BCUT2D eigenvalue weighted by atomic mass is 10.1. The van der Waals surface area contributed by atoms with Gasteiger partial charge in [0.05, 0.1) is 12.0 Å². The Morgan fingerprint density at radius 2 is 2.32 bits per heavy atom. The number of amides is 1. The molecule has 1 heterocycles. The van der Waals surface area contributed by atoms with Crippen LogP contribution in [0.3, 0.4) is 0 Å². The van der Waals surface area contributed by atoms with Crippen molar-refractivity contribution in [3.05, 3.63) is 23.7 Å². The Labute approximate surface area is 125 Å². The summed E-state index contributed by atoms with van der Waals surface area (Å²) in [4.78, 5) is 43.4. The Bertz CT molecular complexity index is 579. The van der Waals surface area contributed by atoms with Crippen molar-refractivity contribution in [3.63, 3.8) is 0 Å². The van der Waals surface area contributed by atoms with Crippen molar-refractivity contribution >= 4 is 23.9 Å². The molecule has 0 saturated carbocycles. The minimum absolute atomic E-state index is 0.150. The van der Waals surface area contributed by atoms with Gasteiger partial charge in [0.1, 0.15) is 6.04 Å². The van der Waals surface area contributed by atoms with Crippen molar-refractivity contribution in [2.24, 2.45) is 0 Å². The average molecular weight is 309 g/mol. The van der Waals surface area contributed by atoms with Gasteiger partial charge in [0.2, 0.25) is 5.78 Å². The predicted octanol–water partition coefficient (Wildman–Crippen LogP) is -0.683. The first-order chi connectivity index (χ1) is 10.5. The number of carbonyl (C=O) groups is 3. The molecule has 1 amide bonds. The fourth-order valence-corrected chi connectivity index (χ4v) is 1.70. The lowest BCUT2D eigenvalue weighted by Crippen LogP contribution is -2.43. The molecule has 0 aliphatic heterocycles. The van der Waals surface area contributed by atoms with Crippen LogP contribution in [0.4, 0.5) is 0 Å². The zero-order valence-electron chi connectivity index (χ0n) is 11.7. The summed E-state index contributed by atoms with van der Waals surface area (Å²) < 4.78 is 4.99. The SMILES string of the molecule is COC(C(=O)NC(CCC(=O)C=[N+]=[N-])C(=O)O)c1c[nH]cn1. The van der Waals surface area contributed by atoms with Crippen molar-refractivity contribution in [1.82, 2.24) is 15.3 Å². The van der Waals surface area contributed by atoms with Gasteiger partial charge in [-0.25, -0.2) is 9.78 Å². The molecular weight excluding hydrogens is 294 g/mol. The molecule has 0 aliphatic rings. The van der Waals surface area contributed by atoms with Crippen LogP contribution in [0.2, 0.25) is 0 Å². The highest BCUT2D eigenvalue weighted by Gasteiger charge is 2.27. The molecule has 0 radical (unpaired) electrons. The number of nitrogens with one attached hydrogen (secondary N) is 2. The van der Waals surface area contributed by atoms with Crippen molar-refractivity contribution in [3.8, 4) is 0 Å². The third kappa shape index (κ3) is 4.93. The quantitative estimate of drug-likeness (QED) is 0.311. The lowest BCUT2D eigenvalue weighted by Gasteiger charge is -2.17. The van der Waals surface area contributed by atoms with Crippen LogP contribution in [0.5, 0.6) is 0 Å². The molecule has 1 aromatic rings. The van der Waals surface area contributed by atoms with E-state index in [4.69, 9.17) is 15.4 Å². The molecule has 3 N–H and O–H groups in total.